The molecule has 3 heterocycles. The zero-order chi connectivity index (χ0) is 29.3. The van der Waals surface area contributed by atoms with E-state index in [0.717, 1.165) is 12.8 Å². The van der Waals surface area contributed by atoms with Gasteiger partial charge in [-0.15, -0.1) is 0 Å². The van der Waals surface area contributed by atoms with E-state index in [0.29, 0.717) is 45.3 Å². The summed E-state index contributed by atoms with van der Waals surface area (Å²) in [6.45, 7) is 3.99. The van der Waals surface area contributed by atoms with Gasteiger partial charge in [0.2, 0.25) is 5.88 Å². The lowest BCUT2D eigenvalue weighted by molar-refractivity contribution is -0.113. The zero-order valence-electron chi connectivity index (χ0n) is 22.2. The number of carbonyl (C=O) groups is 2. The van der Waals surface area contributed by atoms with Crippen LogP contribution in [0.4, 0.5) is 5.69 Å². The first-order valence-electron chi connectivity index (χ1n) is 13.0. The van der Waals surface area contributed by atoms with Crippen LogP contribution >= 0.6 is 23.2 Å². The van der Waals surface area contributed by atoms with Crippen LogP contribution in [-0.4, -0.2) is 55.1 Å². The Labute approximate surface area is 248 Å². The van der Waals surface area contributed by atoms with Gasteiger partial charge in [-0.25, -0.2) is 0 Å². The van der Waals surface area contributed by atoms with Gasteiger partial charge in [-0.05, 0) is 68.5 Å². The summed E-state index contributed by atoms with van der Waals surface area (Å²) in [6.07, 6.45) is 6.57. The van der Waals surface area contributed by atoms with Crippen LogP contribution in [0.25, 0.3) is 0 Å². The number of benzene rings is 1. The molecule has 14 heteroatoms. The van der Waals surface area contributed by atoms with Crippen molar-refractivity contribution in [1.82, 2.24) is 20.6 Å². The normalized spacial score (nSPS) is 19.1. The molecular weight excluding hydrogens is 591 g/mol. The summed E-state index contributed by atoms with van der Waals surface area (Å²) >= 11 is 12.7. The molecule has 1 fully saturated rings. The summed E-state index contributed by atoms with van der Waals surface area (Å²) in [5.41, 5.74) is 4.90. The van der Waals surface area contributed by atoms with Crippen LogP contribution in [0.2, 0.25) is 10.0 Å². The van der Waals surface area contributed by atoms with Crippen molar-refractivity contribution in [3.63, 3.8) is 0 Å². The highest BCUT2D eigenvalue weighted by atomic mass is 35.5. The van der Waals surface area contributed by atoms with Crippen LogP contribution in [0.5, 0.6) is 0 Å². The van der Waals surface area contributed by atoms with Gasteiger partial charge in [-0.1, -0.05) is 23.2 Å². The molecule has 2 atom stereocenters. The minimum absolute atomic E-state index is 0.00244. The number of hydrogen-bond donors (Lipinski definition) is 4. The molecule has 0 spiro atoms. The van der Waals surface area contributed by atoms with Crippen LogP contribution in [-0.2, 0) is 20.0 Å². The first-order chi connectivity index (χ1) is 19.6. The molecule has 2 aliphatic heterocycles. The number of thiol groups is 1. The van der Waals surface area contributed by atoms with Crippen molar-refractivity contribution in [2.24, 2.45) is 11.0 Å². The van der Waals surface area contributed by atoms with Crippen molar-refractivity contribution in [1.29, 1.82) is 0 Å². The second-order valence-corrected chi connectivity index (χ2v) is 11.5. The maximum atomic E-state index is 13.6. The van der Waals surface area contributed by atoms with Crippen molar-refractivity contribution in [2.75, 3.05) is 18.4 Å². The molecule has 1 aromatic heterocycles. The Morgan fingerprint density at radius 2 is 1.98 bits per heavy atom. The molecular formula is C27H28Cl2N6O5S. The molecule has 216 valence electrons. The first-order valence-corrected chi connectivity index (χ1v) is 14.8. The molecule has 2 unspecified atom stereocenters. The van der Waals surface area contributed by atoms with Crippen LogP contribution in [0.3, 0.4) is 0 Å². The number of aromatic nitrogens is 1. The average Bonchev–Trinajstić information content (AvgIpc) is 3.67. The molecule has 3 N–H and O–H groups in total. The van der Waals surface area contributed by atoms with E-state index in [1.807, 2.05) is 6.92 Å². The van der Waals surface area contributed by atoms with Crippen LogP contribution in [0.15, 0.2) is 59.2 Å². The van der Waals surface area contributed by atoms with Crippen molar-refractivity contribution in [3.8, 4) is 0 Å². The Morgan fingerprint density at radius 3 is 2.68 bits per heavy atom. The number of nitrogens with zero attached hydrogens (tertiary/aromatic N) is 3. The fourth-order valence-electron chi connectivity index (χ4n) is 4.85. The molecule has 1 saturated carbocycles. The average molecular weight is 620 g/mol. The molecule has 2 amide bonds. The molecule has 5 rings (SSSR count). The number of pyridine rings is 1. The maximum absolute atomic E-state index is 13.6. The minimum Gasteiger partial charge on any atom is -0.365 e. The van der Waals surface area contributed by atoms with Crippen molar-refractivity contribution >= 4 is 57.5 Å². The van der Waals surface area contributed by atoms with Gasteiger partial charge in [0.15, 0.2) is 0 Å². The molecule has 1 aromatic carbocycles. The minimum atomic E-state index is -3.25. The molecule has 41 heavy (non-hydrogen) atoms. The molecule has 1 aliphatic carbocycles. The summed E-state index contributed by atoms with van der Waals surface area (Å²) in [7, 11) is -3.25. The van der Waals surface area contributed by atoms with Gasteiger partial charge in [-0.3, -0.25) is 19.5 Å². The number of anilines is 1. The summed E-state index contributed by atoms with van der Waals surface area (Å²) in [5.74, 6) is -0.477. The largest absolute Gasteiger partial charge is 0.365 e. The quantitative estimate of drug-likeness (QED) is 0.329. The number of hydrogen-bond acceptors (Lipinski definition) is 9. The maximum Gasteiger partial charge on any atom is 0.300 e. The second kappa shape index (κ2) is 12.1. The fourth-order valence-corrected chi connectivity index (χ4v) is 5.69. The number of hydrazone groups is 1. The van der Waals surface area contributed by atoms with E-state index in [1.165, 1.54) is 23.1 Å². The number of allylic oxidation sites excluding steroid dienone is 2. The van der Waals surface area contributed by atoms with E-state index in [1.54, 1.807) is 31.3 Å². The van der Waals surface area contributed by atoms with E-state index < -0.39 is 22.8 Å². The van der Waals surface area contributed by atoms with Gasteiger partial charge in [0, 0.05) is 35.5 Å². The van der Waals surface area contributed by atoms with Gasteiger partial charge in [-0.2, -0.15) is 13.5 Å². The predicted octanol–water partition coefficient (Wildman–Crippen LogP) is 3.49. The first kappa shape index (κ1) is 28.9. The van der Waals surface area contributed by atoms with Gasteiger partial charge in [0.1, 0.15) is 5.84 Å². The van der Waals surface area contributed by atoms with Gasteiger partial charge in [0.25, 0.3) is 11.8 Å². The van der Waals surface area contributed by atoms with Crippen molar-refractivity contribution in [3.05, 3.63) is 80.9 Å². The van der Waals surface area contributed by atoms with Gasteiger partial charge in [0.05, 0.1) is 34.4 Å². The van der Waals surface area contributed by atoms with Crippen LogP contribution < -0.4 is 16.1 Å². The standard InChI is InChI=1S/C27H28Cl2N6O5S/c1-14-10-18(28)11-19(27(37)32-15(2)16-5-6-16)23(14)33-26(36)17-7-8-22(40-41(38)39)35(13-17)25-20(12-31-34-25)24-21(29)4-3-9-30-24/h3-4,7-11,15-16,20,31,41H,5-6,12-13H2,1-2H3,(H,32,37)(H,33,36). The predicted molar refractivity (Wildman–Crippen MR) is 156 cm³/mol. The Balaban J connectivity index is 1.42. The highest BCUT2D eigenvalue weighted by Gasteiger charge is 2.36. The summed E-state index contributed by atoms with van der Waals surface area (Å²) in [5, 5.41) is 11.0. The third-order valence-corrected chi connectivity index (χ3v) is 8.02. The molecule has 0 saturated heterocycles. The van der Waals surface area contributed by atoms with Crippen LogP contribution in [0, 0.1) is 12.8 Å². The second-order valence-electron chi connectivity index (χ2n) is 10.1. The SMILES string of the molecule is Cc1cc(Cl)cc(C(=O)NC(C)C2CC2)c1NC(=O)C1=CC=C(O[SH](=O)=O)N(C2=NNCC2c2ncccc2Cl)C1. The summed E-state index contributed by atoms with van der Waals surface area (Å²) in [4.78, 5) is 32.6. The highest BCUT2D eigenvalue weighted by Crippen LogP contribution is 2.34. The van der Waals surface area contributed by atoms with E-state index in [9.17, 15) is 18.0 Å². The Bertz CT molecular complexity index is 1560. The van der Waals surface area contributed by atoms with Gasteiger partial charge < -0.3 is 20.2 Å². The van der Waals surface area contributed by atoms with Crippen LogP contribution in [0.1, 0.15) is 47.3 Å². The van der Waals surface area contributed by atoms with E-state index in [2.05, 4.69) is 26.1 Å². The lowest BCUT2D eigenvalue weighted by atomic mass is 10.0. The number of aryl methyl sites for hydroxylation is 1. The smallest absolute Gasteiger partial charge is 0.300 e. The molecule has 0 bridgehead atoms. The molecule has 11 nitrogen and oxygen atoms in total. The number of rotatable bonds is 8. The number of amides is 2. The molecule has 0 radical (unpaired) electrons. The Kier molecular flexibility index (Phi) is 8.52. The van der Waals surface area contributed by atoms with E-state index in [-0.39, 0.29) is 35.5 Å². The van der Waals surface area contributed by atoms with Gasteiger partial charge >= 0.3 is 11.0 Å². The number of amidine groups is 1. The Hall–Kier alpha value is -3.61. The lowest BCUT2D eigenvalue weighted by Gasteiger charge is -2.30. The topological polar surface area (TPSA) is 142 Å². The number of carbonyl (C=O) groups excluding carboxylic acids is 2. The molecule has 2 aromatic rings. The van der Waals surface area contributed by atoms with E-state index >= 15 is 0 Å². The molecule has 3 aliphatic rings. The number of nitrogens with one attached hydrogen (secondary N) is 3. The Morgan fingerprint density at radius 1 is 1.20 bits per heavy atom. The van der Waals surface area contributed by atoms with E-state index in [4.69, 9.17) is 27.4 Å². The highest BCUT2D eigenvalue weighted by molar-refractivity contribution is 7.67. The fraction of sp³-hybridized carbons (Fsp3) is 0.333. The van der Waals surface area contributed by atoms with Crippen molar-refractivity contribution in [2.45, 2.75) is 38.6 Å². The number of halogens is 2. The monoisotopic (exact) mass is 618 g/mol. The third kappa shape index (κ3) is 6.50. The van der Waals surface area contributed by atoms with Crippen molar-refractivity contribution < 1.29 is 22.2 Å². The third-order valence-electron chi connectivity index (χ3n) is 7.15. The summed E-state index contributed by atoms with van der Waals surface area (Å²) in [6, 6.07) is 6.59. The lowest BCUT2D eigenvalue weighted by Crippen LogP contribution is -2.40. The summed E-state index contributed by atoms with van der Waals surface area (Å²) < 4.78 is 28.0. The zero-order valence-corrected chi connectivity index (χ0v) is 24.6.